The van der Waals surface area contributed by atoms with E-state index >= 15 is 0 Å². The maximum absolute atomic E-state index is 8.74. The average Bonchev–Trinajstić information content (AvgIpc) is 1.72. The van der Waals surface area contributed by atoms with Gasteiger partial charge in [0, 0.05) is 0 Å². The van der Waals surface area contributed by atoms with Crippen LogP contribution >= 0.6 is 0 Å². The van der Waals surface area contributed by atoms with Crippen molar-refractivity contribution in [2.45, 2.75) is 21.3 Å². The van der Waals surface area contributed by atoms with Crippen molar-refractivity contribution in [3.63, 3.8) is 0 Å². The van der Waals surface area contributed by atoms with Gasteiger partial charge in [-0.25, -0.2) is 0 Å². The molecule has 0 amide bonds. The van der Waals surface area contributed by atoms with Gasteiger partial charge in [0.25, 0.3) is 0 Å². The van der Waals surface area contributed by atoms with E-state index < -0.39 is 10.4 Å². The Morgan fingerprint density at radius 1 is 1.10 bits per heavy atom. The second kappa shape index (κ2) is 15.8. The molecule has 0 aromatic carbocycles. The molecule has 0 radical (unpaired) electrons. The van der Waals surface area contributed by atoms with Crippen molar-refractivity contribution < 1.29 is 17.5 Å². The van der Waals surface area contributed by atoms with E-state index in [4.69, 9.17) is 17.5 Å². The monoisotopic (exact) mass is 172 g/mol. The first-order chi connectivity index (χ1) is 4.00. The van der Waals surface area contributed by atoms with Crippen LogP contribution in [-0.2, 0) is 10.4 Å². The molecule has 0 aliphatic rings. The Morgan fingerprint density at radius 2 is 1.10 bits per heavy atom. The van der Waals surface area contributed by atoms with E-state index in [1.54, 1.807) is 0 Å². The van der Waals surface area contributed by atoms with Gasteiger partial charge in [-0.15, -0.1) is 13.2 Å². The molecule has 0 bridgehead atoms. The summed E-state index contributed by atoms with van der Waals surface area (Å²) in [6.45, 7) is 10.0. The van der Waals surface area contributed by atoms with Crippen LogP contribution in [0.4, 0.5) is 0 Å². The van der Waals surface area contributed by atoms with E-state index in [-0.39, 0.29) is 7.43 Å². The Hall–Kier alpha value is -0.390. The highest BCUT2D eigenvalue weighted by Crippen LogP contribution is 1.59. The normalized spacial score (nSPS) is 6.80. The summed E-state index contributed by atoms with van der Waals surface area (Å²) in [5, 5.41) is 0. The third-order valence-corrected chi connectivity index (χ3v) is 0. The fourth-order valence-electron chi connectivity index (χ4n) is 0. The minimum atomic E-state index is -4.67. The van der Waals surface area contributed by atoms with Crippen molar-refractivity contribution in [3.05, 3.63) is 13.2 Å². The Kier molecular flexibility index (Phi) is 35.9. The van der Waals surface area contributed by atoms with Gasteiger partial charge in [0.1, 0.15) is 0 Å². The first-order valence-corrected chi connectivity index (χ1v) is 3.60. The predicted molar refractivity (Wildman–Crippen MR) is 43.5 cm³/mol. The van der Waals surface area contributed by atoms with Crippen LogP contribution in [0.5, 0.6) is 0 Å². The molecule has 2 N–H and O–H groups in total. The van der Waals surface area contributed by atoms with Gasteiger partial charge in [0.2, 0.25) is 0 Å². The van der Waals surface area contributed by atoms with Crippen molar-refractivity contribution in [2.75, 3.05) is 0 Å². The van der Waals surface area contributed by atoms with Crippen molar-refractivity contribution in [1.29, 1.82) is 0 Å². The highest BCUT2D eigenvalue weighted by molar-refractivity contribution is 7.79. The largest absolute Gasteiger partial charge is 0.394 e. The Labute approximate surface area is 63.2 Å². The molecule has 0 aromatic heterocycles. The first kappa shape index (κ1) is 22.6. The molecule has 4 nitrogen and oxygen atoms in total. The van der Waals surface area contributed by atoms with Crippen LogP contribution in [0, 0.1) is 0 Å². The molecule has 0 aliphatic carbocycles. The highest BCUT2D eigenvalue weighted by atomic mass is 32.3. The lowest BCUT2D eigenvalue weighted by molar-refractivity contribution is 0.381. The quantitative estimate of drug-likeness (QED) is 0.431. The van der Waals surface area contributed by atoms with Crippen LogP contribution < -0.4 is 0 Å². The van der Waals surface area contributed by atoms with Gasteiger partial charge in [-0.3, -0.25) is 9.11 Å². The number of hydrogen-bond acceptors (Lipinski definition) is 2. The van der Waals surface area contributed by atoms with Gasteiger partial charge < -0.3 is 0 Å². The molecule has 0 fully saturated rings. The lowest BCUT2D eigenvalue weighted by Crippen LogP contribution is -1.89. The molecule has 0 atom stereocenters. The molecule has 0 saturated carbocycles. The van der Waals surface area contributed by atoms with Gasteiger partial charge in [0.05, 0.1) is 0 Å². The second-order valence-electron chi connectivity index (χ2n) is 0.448. The van der Waals surface area contributed by atoms with E-state index in [9.17, 15) is 0 Å². The summed E-state index contributed by atoms with van der Waals surface area (Å²) < 4.78 is 31.6. The standard InChI is InChI=1S/C2H6.C2H4.CH4.H2O4S/c2*1-2;;1-5(2,3)4/h1-2H3;1-2H2;1H4;(H2,1,2,3,4). The maximum atomic E-state index is 8.74. The summed E-state index contributed by atoms with van der Waals surface area (Å²) in [4.78, 5) is 0. The fourth-order valence-corrected chi connectivity index (χ4v) is 0. The van der Waals surface area contributed by atoms with E-state index in [1.165, 1.54) is 0 Å². The molecule has 0 spiro atoms. The zero-order valence-electron chi connectivity index (χ0n) is 5.53. The van der Waals surface area contributed by atoms with Crippen molar-refractivity contribution in [2.24, 2.45) is 0 Å². The summed E-state index contributed by atoms with van der Waals surface area (Å²) in [6.07, 6.45) is 0. The summed E-state index contributed by atoms with van der Waals surface area (Å²) in [7, 11) is -4.67. The van der Waals surface area contributed by atoms with Gasteiger partial charge in [-0.2, -0.15) is 8.42 Å². The summed E-state index contributed by atoms with van der Waals surface area (Å²) in [5.74, 6) is 0. The van der Waals surface area contributed by atoms with Crippen molar-refractivity contribution >= 4 is 10.4 Å². The van der Waals surface area contributed by atoms with E-state index in [0.29, 0.717) is 0 Å². The molecule has 0 rings (SSSR count). The van der Waals surface area contributed by atoms with Gasteiger partial charge in [0.15, 0.2) is 0 Å². The zero-order chi connectivity index (χ0) is 8.50. The Balaban J connectivity index is -0.0000000315. The number of hydrogen-bond donors (Lipinski definition) is 2. The summed E-state index contributed by atoms with van der Waals surface area (Å²) in [6, 6.07) is 0. The Morgan fingerprint density at radius 3 is 1.10 bits per heavy atom. The molecule has 66 valence electrons. The molecule has 0 aromatic rings. The van der Waals surface area contributed by atoms with Crippen LogP contribution in [0.15, 0.2) is 13.2 Å². The van der Waals surface area contributed by atoms with Crippen LogP contribution in [0.2, 0.25) is 0 Å². The summed E-state index contributed by atoms with van der Waals surface area (Å²) >= 11 is 0. The molecule has 0 saturated heterocycles. The summed E-state index contributed by atoms with van der Waals surface area (Å²) in [5.41, 5.74) is 0. The van der Waals surface area contributed by atoms with E-state index in [1.807, 2.05) is 13.8 Å². The van der Waals surface area contributed by atoms with Gasteiger partial charge in [-0.1, -0.05) is 21.3 Å². The minimum absolute atomic E-state index is 0. The van der Waals surface area contributed by atoms with Crippen LogP contribution in [-0.4, -0.2) is 17.5 Å². The average molecular weight is 172 g/mol. The molecule has 10 heavy (non-hydrogen) atoms. The van der Waals surface area contributed by atoms with Crippen LogP contribution in [0.3, 0.4) is 0 Å². The second-order valence-corrected chi connectivity index (χ2v) is 1.34. The van der Waals surface area contributed by atoms with Gasteiger partial charge >= 0.3 is 10.4 Å². The van der Waals surface area contributed by atoms with Gasteiger partial charge in [-0.05, 0) is 0 Å². The molecule has 0 unspecified atom stereocenters. The molecule has 0 heterocycles. The van der Waals surface area contributed by atoms with Crippen LogP contribution in [0.25, 0.3) is 0 Å². The maximum Gasteiger partial charge on any atom is 0.394 e. The first-order valence-electron chi connectivity index (χ1n) is 2.20. The van der Waals surface area contributed by atoms with Crippen molar-refractivity contribution in [1.82, 2.24) is 0 Å². The molecule has 0 aliphatic heterocycles. The van der Waals surface area contributed by atoms with Crippen LogP contribution in [0.1, 0.15) is 21.3 Å². The molecular formula is C5H16O4S. The molecule has 5 heteroatoms. The number of rotatable bonds is 0. The topological polar surface area (TPSA) is 74.6 Å². The SMILES string of the molecule is C.C=C.CC.O=S(=O)(O)O. The Bertz CT molecular complexity index is 108. The van der Waals surface area contributed by atoms with E-state index in [2.05, 4.69) is 13.2 Å². The third-order valence-electron chi connectivity index (χ3n) is 0. The zero-order valence-corrected chi connectivity index (χ0v) is 6.35. The fraction of sp³-hybridized carbons (Fsp3) is 0.600. The van der Waals surface area contributed by atoms with Crippen molar-refractivity contribution in [3.8, 4) is 0 Å². The lowest BCUT2D eigenvalue weighted by Gasteiger charge is -1.68. The lowest BCUT2D eigenvalue weighted by atomic mass is 11.0. The third kappa shape index (κ3) is 2190. The van der Waals surface area contributed by atoms with E-state index in [0.717, 1.165) is 0 Å². The smallest absolute Gasteiger partial charge is 0.264 e. The highest BCUT2D eigenvalue weighted by Gasteiger charge is 1.84. The minimum Gasteiger partial charge on any atom is -0.264 e. The molecular weight excluding hydrogens is 156 g/mol. The predicted octanol–water partition coefficient (Wildman–Crippen LogP) is 1.81.